The van der Waals surface area contributed by atoms with Gasteiger partial charge in [0.15, 0.2) is 20.7 Å². The van der Waals surface area contributed by atoms with E-state index in [4.69, 9.17) is 58.2 Å². The van der Waals surface area contributed by atoms with Crippen LogP contribution in [-0.2, 0) is 23.4 Å². The van der Waals surface area contributed by atoms with Crippen molar-refractivity contribution in [2.24, 2.45) is 5.92 Å². The van der Waals surface area contributed by atoms with Crippen molar-refractivity contribution in [3.05, 3.63) is 12.7 Å². The largest absolute Gasteiger partial charge is 0.509 e. The summed E-state index contributed by atoms with van der Waals surface area (Å²) in [5.41, 5.74) is 0. The van der Waals surface area contributed by atoms with Gasteiger partial charge < -0.3 is 38.9 Å². The number of ether oxygens (including phenoxy) is 4. The van der Waals surface area contributed by atoms with Crippen LogP contribution in [0.5, 0.6) is 0 Å². The van der Waals surface area contributed by atoms with Crippen molar-refractivity contribution in [1.82, 2.24) is 5.32 Å². The topological polar surface area (TPSA) is 133 Å². The maximum Gasteiger partial charge on any atom is 0.509 e. The Hall–Kier alpha value is -0.793. The first-order valence-corrected chi connectivity index (χ1v) is 15.1. The molecule has 204 valence electrons. The number of alkyl carbamates (subject to hydrolysis) is 1. The van der Waals surface area contributed by atoms with Crippen molar-refractivity contribution < 1.29 is 43.2 Å². The first kappa shape index (κ1) is 32.2. The van der Waals surface area contributed by atoms with Gasteiger partial charge in [0.05, 0.1) is 6.61 Å². The van der Waals surface area contributed by atoms with Crippen LogP contribution in [-0.4, -0.2) is 85.0 Å². The third kappa shape index (κ3) is 9.23. The molecule has 0 unspecified atom stereocenters. The lowest BCUT2D eigenvalue weighted by atomic mass is 9.97. The van der Waals surface area contributed by atoms with Crippen LogP contribution in [0.3, 0.4) is 0 Å². The van der Waals surface area contributed by atoms with Crippen LogP contribution in [0.25, 0.3) is 0 Å². The van der Waals surface area contributed by atoms with Crippen LogP contribution in [0, 0.1) is 5.92 Å². The lowest BCUT2D eigenvalue weighted by Crippen LogP contribution is -2.67. The zero-order valence-electron chi connectivity index (χ0n) is 20.8. The van der Waals surface area contributed by atoms with E-state index in [-0.39, 0.29) is 17.6 Å². The SMILES string of the molecule is C=CCOC(=O)O[C@H]1[C@H](O)[C@@H](CO)O[C@@H](O[Si](C)(C)C(C)(C)C(C)C)[C@@H]1NC(=O)OCC(Cl)(Cl)Cl. The first-order chi connectivity index (χ1) is 16.0. The molecule has 1 amide bonds. The Morgan fingerprint density at radius 1 is 1.23 bits per heavy atom. The molecule has 5 atom stereocenters. The molecular weight excluding hydrogens is 545 g/mol. The fourth-order valence-electron chi connectivity index (χ4n) is 3.20. The van der Waals surface area contributed by atoms with Gasteiger partial charge in [0.25, 0.3) is 0 Å². The highest BCUT2D eigenvalue weighted by Crippen LogP contribution is 2.46. The zero-order valence-corrected chi connectivity index (χ0v) is 24.0. The number of hydrogen-bond acceptors (Lipinski definition) is 9. The number of amides is 1. The Bertz CT molecular complexity index is 733. The second kappa shape index (κ2) is 13.1. The number of nitrogens with one attached hydrogen (secondary N) is 1. The molecule has 0 spiro atoms. The third-order valence-corrected chi connectivity index (χ3v) is 11.3. The van der Waals surface area contributed by atoms with E-state index in [1.165, 1.54) is 6.08 Å². The van der Waals surface area contributed by atoms with Gasteiger partial charge in [-0.05, 0) is 24.1 Å². The Morgan fingerprint density at radius 3 is 2.31 bits per heavy atom. The van der Waals surface area contributed by atoms with Gasteiger partial charge in [0.1, 0.15) is 31.5 Å². The third-order valence-electron chi connectivity index (χ3n) is 6.46. The summed E-state index contributed by atoms with van der Waals surface area (Å²) in [6.07, 6.45) is -6.23. The van der Waals surface area contributed by atoms with E-state index in [1.807, 2.05) is 13.1 Å². The predicted molar refractivity (Wildman–Crippen MR) is 134 cm³/mol. The fraction of sp³-hybridized carbons (Fsp3) is 0.810. The minimum absolute atomic E-state index is 0.145. The number of halogens is 3. The minimum atomic E-state index is -2.61. The summed E-state index contributed by atoms with van der Waals surface area (Å²) in [7, 11) is -2.61. The van der Waals surface area contributed by atoms with Gasteiger partial charge in [-0.15, -0.1) is 0 Å². The Morgan fingerprint density at radius 2 is 1.83 bits per heavy atom. The van der Waals surface area contributed by atoms with Crippen molar-refractivity contribution in [1.29, 1.82) is 0 Å². The molecule has 0 saturated carbocycles. The molecule has 1 aliphatic rings. The molecule has 1 rings (SSSR count). The summed E-state index contributed by atoms with van der Waals surface area (Å²) >= 11 is 16.9. The van der Waals surface area contributed by atoms with Gasteiger partial charge in [0.2, 0.25) is 3.79 Å². The summed E-state index contributed by atoms with van der Waals surface area (Å²) in [5, 5.41) is 22.8. The average Bonchev–Trinajstić information content (AvgIpc) is 2.74. The number of aliphatic hydroxyl groups is 2. The molecule has 0 aromatic carbocycles. The van der Waals surface area contributed by atoms with Crippen LogP contribution < -0.4 is 5.32 Å². The summed E-state index contributed by atoms with van der Waals surface area (Å²) in [5.74, 6) is 0.230. The number of alkyl halides is 3. The van der Waals surface area contributed by atoms with Crippen molar-refractivity contribution in [2.45, 2.75) is 80.3 Å². The molecule has 10 nitrogen and oxygen atoms in total. The number of aliphatic hydroxyl groups excluding tert-OH is 2. The molecule has 0 aromatic rings. The van der Waals surface area contributed by atoms with Crippen LogP contribution >= 0.6 is 34.8 Å². The molecule has 1 aliphatic heterocycles. The number of hydrogen-bond donors (Lipinski definition) is 3. The summed E-state index contributed by atoms with van der Waals surface area (Å²) in [6.45, 7) is 14.3. The van der Waals surface area contributed by atoms with E-state index in [1.54, 1.807) is 0 Å². The quantitative estimate of drug-likeness (QED) is 0.152. The number of rotatable bonds is 10. The second-order valence-electron chi connectivity index (χ2n) is 9.51. The van der Waals surface area contributed by atoms with Crippen molar-refractivity contribution in [3.8, 4) is 0 Å². The van der Waals surface area contributed by atoms with E-state index in [9.17, 15) is 19.8 Å². The molecular formula is C21H36Cl3NO9Si. The number of carbonyl (C=O) groups excluding carboxylic acids is 2. The molecule has 1 fully saturated rings. The number of carbonyl (C=O) groups is 2. The maximum atomic E-state index is 12.5. The highest BCUT2D eigenvalue weighted by atomic mass is 35.6. The molecule has 3 N–H and O–H groups in total. The molecule has 1 heterocycles. The van der Waals surface area contributed by atoms with Crippen molar-refractivity contribution in [3.63, 3.8) is 0 Å². The highest BCUT2D eigenvalue weighted by molar-refractivity contribution is 6.74. The smallest absolute Gasteiger partial charge is 0.445 e. The van der Waals surface area contributed by atoms with Gasteiger partial charge >= 0.3 is 12.2 Å². The molecule has 14 heteroatoms. The maximum absolute atomic E-state index is 12.5. The lowest BCUT2D eigenvalue weighted by Gasteiger charge is -2.49. The van der Waals surface area contributed by atoms with Gasteiger partial charge in [-0.2, -0.15) is 0 Å². The van der Waals surface area contributed by atoms with Gasteiger partial charge in [-0.25, -0.2) is 9.59 Å². The fourth-order valence-corrected chi connectivity index (χ4v) is 5.84. The Balaban J connectivity index is 3.32. The molecule has 1 saturated heterocycles. The highest BCUT2D eigenvalue weighted by Gasteiger charge is 2.53. The van der Waals surface area contributed by atoms with Crippen LogP contribution in [0.2, 0.25) is 18.1 Å². The Labute approximate surface area is 222 Å². The normalized spacial score (nSPS) is 25.7. The van der Waals surface area contributed by atoms with Crippen LogP contribution in [0.15, 0.2) is 12.7 Å². The summed E-state index contributed by atoms with van der Waals surface area (Å²) < 4.78 is 25.5. The predicted octanol–water partition coefficient (Wildman–Crippen LogP) is 3.90. The lowest BCUT2D eigenvalue weighted by molar-refractivity contribution is -0.249. The summed E-state index contributed by atoms with van der Waals surface area (Å²) in [6, 6.07) is -1.26. The second-order valence-corrected chi connectivity index (χ2v) is 16.6. The van der Waals surface area contributed by atoms with Gasteiger partial charge in [-0.3, -0.25) is 0 Å². The van der Waals surface area contributed by atoms with E-state index in [2.05, 4.69) is 39.6 Å². The monoisotopic (exact) mass is 579 g/mol. The van der Waals surface area contributed by atoms with Crippen LogP contribution in [0.4, 0.5) is 9.59 Å². The van der Waals surface area contributed by atoms with Gasteiger partial charge in [0, 0.05) is 0 Å². The molecule has 0 aliphatic carbocycles. The summed E-state index contributed by atoms with van der Waals surface area (Å²) in [4.78, 5) is 24.7. The van der Waals surface area contributed by atoms with E-state index >= 15 is 0 Å². The first-order valence-electron chi connectivity index (χ1n) is 11.0. The minimum Gasteiger partial charge on any atom is -0.445 e. The van der Waals surface area contributed by atoms with E-state index in [0.29, 0.717) is 0 Å². The molecule has 35 heavy (non-hydrogen) atoms. The Kier molecular flexibility index (Phi) is 12.1. The van der Waals surface area contributed by atoms with Gasteiger partial charge in [-0.1, -0.05) is 75.2 Å². The van der Waals surface area contributed by atoms with E-state index < -0.39 is 68.2 Å². The molecule has 0 radical (unpaired) electrons. The average molecular weight is 581 g/mol. The van der Waals surface area contributed by atoms with Crippen molar-refractivity contribution in [2.75, 3.05) is 19.8 Å². The zero-order chi connectivity index (χ0) is 27.2. The standard InChI is InChI=1S/C21H36Cl3NO9Si/c1-8-9-30-19(29)33-16-14(25-18(28)31-11-21(22,23)24)17(32-13(10-26)15(16)27)34-35(6,7)20(4,5)12(2)3/h8,12-17,26-27H,1,9-11H2,2-7H3,(H,25,28)/t13-,14-,15-,16-,17+/m1/s1. The van der Waals surface area contributed by atoms with E-state index in [0.717, 1.165) is 0 Å². The van der Waals surface area contributed by atoms with Crippen molar-refractivity contribution >= 4 is 55.4 Å². The molecule has 0 aromatic heterocycles. The van der Waals surface area contributed by atoms with Crippen LogP contribution in [0.1, 0.15) is 27.7 Å². The molecule has 0 bridgehead atoms.